The minimum Gasteiger partial charge on any atom is -0.488 e. The Morgan fingerprint density at radius 2 is 1.57 bits per heavy atom. The van der Waals surface area contributed by atoms with E-state index in [0.29, 0.717) is 13.0 Å². The second kappa shape index (κ2) is 12.4. The van der Waals surface area contributed by atoms with Crippen molar-refractivity contribution in [2.45, 2.75) is 64.9 Å². The van der Waals surface area contributed by atoms with Gasteiger partial charge in [-0.25, -0.2) is 0 Å². The molecule has 1 aliphatic heterocycles. The predicted octanol–water partition coefficient (Wildman–Crippen LogP) is 8.07. The van der Waals surface area contributed by atoms with Crippen molar-refractivity contribution in [3.63, 3.8) is 0 Å². The lowest BCUT2D eigenvalue weighted by atomic mass is 9.86. The maximum Gasteiger partial charge on any atom is 0.162 e. The topological polar surface area (TPSA) is 29.5 Å². The molecule has 1 aliphatic rings. The Morgan fingerprint density at radius 3 is 2.32 bits per heavy atom. The molecule has 0 aliphatic carbocycles. The fourth-order valence-electron chi connectivity index (χ4n) is 4.93. The second-order valence-electron chi connectivity index (χ2n) is 11.2. The Morgan fingerprint density at radius 1 is 0.865 bits per heavy atom. The molecule has 37 heavy (non-hydrogen) atoms. The molecule has 0 radical (unpaired) electrons. The summed E-state index contributed by atoms with van der Waals surface area (Å²) in [6.45, 7) is 9.25. The number of Topliss-reactive ketones (excluding diaryl/α,β-unsaturated/α-hetero) is 1. The van der Waals surface area contributed by atoms with Crippen LogP contribution in [0.25, 0.3) is 5.57 Å². The first-order valence-electron chi connectivity index (χ1n) is 13.7. The summed E-state index contributed by atoms with van der Waals surface area (Å²) in [6.07, 6.45) is 7.12. The van der Waals surface area contributed by atoms with Gasteiger partial charge in [0.1, 0.15) is 12.4 Å². The van der Waals surface area contributed by atoms with Crippen LogP contribution < -0.4 is 4.74 Å². The van der Waals surface area contributed by atoms with Gasteiger partial charge in [-0.05, 0) is 66.6 Å². The van der Waals surface area contributed by atoms with E-state index in [9.17, 15) is 4.79 Å². The van der Waals surface area contributed by atoms with Crippen molar-refractivity contribution in [2.24, 2.45) is 0 Å². The summed E-state index contributed by atoms with van der Waals surface area (Å²) in [7, 11) is 2.19. The Balaban J connectivity index is 1.23. The molecule has 194 valence electrons. The lowest BCUT2D eigenvalue weighted by Crippen LogP contribution is -2.20. The fourth-order valence-corrected chi connectivity index (χ4v) is 4.93. The molecule has 0 spiro atoms. The van der Waals surface area contributed by atoms with Crippen molar-refractivity contribution in [1.29, 1.82) is 0 Å². The number of unbranched alkanes of at least 4 members (excludes halogenated alkanes) is 2. The van der Waals surface area contributed by atoms with Gasteiger partial charge < -0.3 is 9.64 Å². The molecule has 0 atom stereocenters. The van der Waals surface area contributed by atoms with Gasteiger partial charge in [-0.2, -0.15) is 0 Å². The number of rotatable bonds is 10. The number of hydrogen-bond acceptors (Lipinski definition) is 3. The number of ether oxygens (including phenoxy) is 1. The summed E-state index contributed by atoms with van der Waals surface area (Å²) in [4.78, 5) is 15.0. The highest BCUT2D eigenvalue weighted by Gasteiger charge is 2.18. The van der Waals surface area contributed by atoms with E-state index < -0.39 is 0 Å². The summed E-state index contributed by atoms with van der Waals surface area (Å²) >= 11 is 0. The number of para-hydroxylation sites is 1. The quantitative estimate of drug-likeness (QED) is 0.210. The van der Waals surface area contributed by atoms with Gasteiger partial charge in [0.05, 0.1) is 0 Å². The van der Waals surface area contributed by atoms with Crippen molar-refractivity contribution in [2.75, 3.05) is 20.1 Å². The van der Waals surface area contributed by atoms with Crippen molar-refractivity contribution < 1.29 is 9.53 Å². The molecule has 0 saturated carbocycles. The van der Waals surface area contributed by atoms with Gasteiger partial charge in [0.25, 0.3) is 0 Å². The number of benzene rings is 3. The molecule has 0 N–H and O–H groups in total. The van der Waals surface area contributed by atoms with E-state index in [2.05, 4.69) is 93.4 Å². The lowest BCUT2D eigenvalue weighted by Gasteiger charge is -2.19. The first-order chi connectivity index (χ1) is 17.8. The Labute approximate surface area is 223 Å². The molecule has 3 aromatic carbocycles. The molecule has 0 unspecified atom stereocenters. The van der Waals surface area contributed by atoms with Gasteiger partial charge in [-0.15, -0.1) is 0 Å². The summed E-state index contributed by atoms with van der Waals surface area (Å²) in [5.74, 6) is 1.21. The minimum atomic E-state index is 0.114. The number of ketones is 1. The van der Waals surface area contributed by atoms with Crippen LogP contribution in [0, 0.1) is 0 Å². The van der Waals surface area contributed by atoms with Crippen LogP contribution in [-0.4, -0.2) is 30.8 Å². The SMILES string of the molecule is CN(CC/C=C1/c2ccccc2COc2ccccc21)CCCCCC(=O)c1ccc(C(C)(C)C)cc1. The zero-order valence-electron chi connectivity index (χ0n) is 22.9. The zero-order valence-corrected chi connectivity index (χ0v) is 22.9. The molecule has 1 heterocycles. The van der Waals surface area contributed by atoms with Gasteiger partial charge >= 0.3 is 0 Å². The number of fused-ring (bicyclic) bond motifs is 2. The maximum atomic E-state index is 12.6. The van der Waals surface area contributed by atoms with Crippen LogP contribution in [0.5, 0.6) is 5.75 Å². The Kier molecular flexibility index (Phi) is 9.00. The van der Waals surface area contributed by atoms with Crippen molar-refractivity contribution in [3.8, 4) is 5.75 Å². The van der Waals surface area contributed by atoms with E-state index in [-0.39, 0.29) is 11.2 Å². The maximum absolute atomic E-state index is 12.6. The van der Waals surface area contributed by atoms with Crippen LogP contribution in [-0.2, 0) is 12.0 Å². The third-order valence-electron chi connectivity index (χ3n) is 7.24. The first-order valence-corrected chi connectivity index (χ1v) is 13.7. The van der Waals surface area contributed by atoms with Gasteiger partial charge in [-0.3, -0.25) is 4.79 Å². The van der Waals surface area contributed by atoms with E-state index in [1.54, 1.807) is 0 Å². The monoisotopic (exact) mass is 495 g/mol. The van der Waals surface area contributed by atoms with E-state index in [4.69, 9.17) is 4.74 Å². The van der Waals surface area contributed by atoms with Crippen LogP contribution in [0.4, 0.5) is 0 Å². The molecule has 0 bridgehead atoms. The van der Waals surface area contributed by atoms with Crippen LogP contribution >= 0.6 is 0 Å². The van der Waals surface area contributed by atoms with E-state index in [1.807, 2.05) is 18.2 Å². The normalized spacial score (nSPS) is 14.1. The second-order valence-corrected chi connectivity index (χ2v) is 11.2. The largest absolute Gasteiger partial charge is 0.488 e. The number of carbonyl (C=O) groups is 1. The molecule has 0 fully saturated rings. The highest BCUT2D eigenvalue weighted by atomic mass is 16.5. The molecule has 0 aromatic heterocycles. The third kappa shape index (κ3) is 7.20. The minimum absolute atomic E-state index is 0.114. The molecular formula is C34H41NO2. The standard InChI is InChI=1S/C34H41NO2/c1-34(2,3)28-21-19-26(20-22-28)32(36)17-6-5-11-23-35(4)24-12-16-30-29-14-8-7-13-27(29)25-37-33-18-10-9-15-31(30)33/h7-10,13-16,18-22H,5-6,11-12,17,23-25H2,1-4H3/b30-16-. The van der Waals surface area contributed by atoms with Gasteiger partial charge in [0.2, 0.25) is 0 Å². The molecule has 3 heteroatoms. The molecule has 3 nitrogen and oxygen atoms in total. The van der Waals surface area contributed by atoms with Crippen LogP contribution in [0.1, 0.15) is 85.5 Å². The number of hydrogen-bond donors (Lipinski definition) is 0. The smallest absolute Gasteiger partial charge is 0.162 e. The summed E-state index contributed by atoms with van der Waals surface area (Å²) in [6, 6.07) is 25.1. The molecular weight excluding hydrogens is 454 g/mol. The van der Waals surface area contributed by atoms with Crippen molar-refractivity contribution in [1.82, 2.24) is 4.90 Å². The van der Waals surface area contributed by atoms with E-state index in [0.717, 1.165) is 50.1 Å². The number of carbonyl (C=O) groups excluding carboxylic acids is 1. The predicted molar refractivity (Wildman–Crippen MR) is 154 cm³/mol. The molecule has 4 rings (SSSR count). The lowest BCUT2D eigenvalue weighted by molar-refractivity contribution is 0.0979. The Hall–Kier alpha value is -3.17. The highest BCUT2D eigenvalue weighted by molar-refractivity contribution is 5.96. The zero-order chi connectivity index (χ0) is 26.3. The molecule has 0 saturated heterocycles. The fraction of sp³-hybridized carbons (Fsp3) is 0.382. The molecule has 3 aromatic rings. The summed E-state index contributed by atoms with van der Waals surface area (Å²) < 4.78 is 6.10. The van der Waals surface area contributed by atoms with Crippen molar-refractivity contribution in [3.05, 3.63) is 107 Å². The highest BCUT2D eigenvalue weighted by Crippen LogP contribution is 2.36. The van der Waals surface area contributed by atoms with Gasteiger partial charge in [0, 0.05) is 24.1 Å². The van der Waals surface area contributed by atoms with Gasteiger partial charge in [-0.1, -0.05) is 100.0 Å². The van der Waals surface area contributed by atoms with Crippen molar-refractivity contribution >= 4 is 11.4 Å². The van der Waals surface area contributed by atoms with Crippen LogP contribution in [0.2, 0.25) is 0 Å². The Bertz CT molecular complexity index is 1170. The van der Waals surface area contributed by atoms with E-state index >= 15 is 0 Å². The molecule has 0 amide bonds. The van der Waals surface area contributed by atoms with Gasteiger partial charge in [0.15, 0.2) is 5.78 Å². The van der Waals surface area contributed by atoms with Crippen LogP contribution in [0.15, 0.2) is 78.9 Å². The third-order valence-corrected chi connectivity index (χ3v) is 7.24. The summed E-state index contributed by atoms with van der Waals surface area (Å²) in [5.41, 5.74) is 7.17. The van der Waals surface area contributed by atoms with E-state index in [1.165, 1.54) is 27.8 Å². The number of nitrogens with zero attached hydrogens (tertiary/aromatic N) is 1. The van der Waals surface area contributed by atoms with Crippen LogP contribution in [0.3, 0.4) is 0 Å². The average Bonchev–Trinajstić information content (AvgIpc) is 3.05. The first kappa shape index (κ1) is 26.9. The summed E-state index contributed by atoms with van der Waals surface area (Å²) in [5, 5.41) is 0. The average molecular weight is 496 g/mol.